The summed E-state index contributed by atoms with van der Waals surface area (Å²) < 4.78 is 5.20. The lowest BCUT2D eigenvalue weighted by Crippen LogP contribution is -2.52. The molecule has 2 amide bonds. The second-order valence-corrected chi connectivity index (χ2v) is 7.01. The number of nitrogens with zero attached hydrogens (tertiary/aromatic N) is 2. The standard InChI is InChI=1S/C22H29N3O2/c1-18(20-6-4-3-5-7-20)23-22(26)25-16-14-24(15-17-25)13-12-19-8-10-21(27-2)11-9-19/h3-11,18H,12-17H2,1-2H3,(H,23,26). The van der Waals surface area contributed by atoms with Crippen LogP contribution in [-0.2, 0) is 6.42 Å². The summed E-state index contributed by atoms with van der Waals surface area (Å²) in [4.78, 5) is 16.9. The zero-order valence-corrected chi connectivity index (χ0v) is 16.2. The molecule has 0 spiro atoms. The van der Waals surface area contributed by atoms with Crippen LogP contribution in [-0.4, -0.2) is 55.7 Å². The summed E-state index contributed by atoms with van der Waals surface area (Å²) >= 11 is 0. The maximum Gasteiger partial charge on any atom is 0.317 e. The summed E-state index contributed by atoms with van der Waals surface area (Å²) in [6.07, 6.45) is 1.02. The molecule has 1 heterocycles. The third-order valence-corrected chi connectivity index (χ3v) is 5.17. The Morgan fingerprint density at radius 2 is 1.70 bits per heavy atom. The van der Waals surface area contributed by atoms with Crippen molar-refractivity contribution in [1.82, 2.24) is 15.1 Å². The van der Waals surface area contributed by atoms with Gasteiger partial charge in [-0.15, -0.1) is 0 Å². The third kappa shape index (κ3) is 5.47. The molecule has 1 fully saturated rings. The first-order valence-corrected chi connectivity index (χ1v) is 9.61. The topological polar surface area (TPSA) is 44.8 Å². The van der Waals surface area contributed by atoms with Crippen molar-refractivity contribution in [3.05, 3.63) is 65.7 Å². The minimum absolute atomic E-state index is 0.0202. The Kier molecular flexibility index (Phi) is 6.71. The first-order chi connectivity index (χ1) is 13.2. The number of piperazine rings is 1. The first-order valence-electron chi connectivity index (χ1n) is 9.61. The van der Waals surface area contributed by atoms with E-state index >= 15 is 0 Å². The van der Waals surface area contributed by atoms with E-state index in [4.69, 9.17) is 4.74 Å². The minimum Gasteiger partial charge on any atom is -0.497 e. The van der Waals surface area contributed by atoms with E-state index in [9.17, 15) is 4.79 Å². The zero-order valence-electron chi connectivity index (χ0n) is 16.2. The molecule has 2 aromatic rings. The Labute approximate surface area is 161 Å². The van der Waals surface area contributed by atoms with Crippen LogP contribution in [0.25, 0.3) is 0 Å². The van der Waals surface area contributed by atoms with Crippen molar-refractivity contribution >= 4 is 6.03 Å². The number of urea groups is 1. The molecular weight excluding hydrogens is 338 g/mol. The third-order valence-electron chi connectivity index (χ3n) is 5.17. The maximum absolute atomic E-state index is 12.5. The van der Waals surface area contributed by atoms with Crippen molar-refractivity contribution in [3.8, 4) is 5.75 Å². The van der Waals surface area contributed by atoms with Gasteiger partial charge in [0.2, 0.25) is 0 Å². The molecule has 3 rings (SSSR count). The van der Waals surface area contributed by atoms with Crippen LogP contribution in [0.5, 0.6) is 5.75 Å². The summed E-state index contributed by atoms with van der Waals surface area (Å²) in [5.74, 6) is 0.892. The maximum atomic E-state index is 12.5. The highest BCUT2D eigenvalue weighted by molar-refractivity contribution is 5.74. The molecular formula is C22H29N3O2. The van der Waals surface area contributed by atoms with E-state index in [1.54, 1.807) is 7.11 Å². The summed E-state index contributed by atoms with van der Waals surface area (Å²) in [6.45, 7) is 6.43. The molecule has 5 nitrogen and oxygen atoms in total. The number of ether oxygens (including phenoxy) is 1. The summed E-state index contributed by atoms with van der Waals surface area (Å²) in [7, 11) is 1.69. The molecule has 1 unspecified atom stereocenters. The van der Waals surface area contributed by atoms with Crippen molar-refractivity contribution < 1.29 is 9.53 Å². The van der Waals surface area contributed by atoms with Crippen LogP contribution in [0.15, 0.2) is 54.6 Å². The van der Waals surface area contributed by atoms with Gasteiger partial charge in [0.1, 0.15) is 5.75 Å². The molecule has 0 radical (unpaired) electrons. The Morgan fingerprint density at radius 3 is 2.33 bits per heavy atom. The average Bonchev–Trinajstić information content (AvgIpc) is 2.73. The van der Waals surface area contributed by atoms with Crippen LogP contribution in [0, 0.1) is 0 Å². The lowest BCUT2D eigenvalue weighted by Gasteiger charge is -2.35. The van der Waals surface area contributed by atoms with Crippen molar-refractivity contribution in [1.29, 1.82) is 0 Å². The largest absolute Gasteiger partial charge is 0.497 e. The van der Waals surface area contributed by atoms with Crippen LogP contribution in [0.1, 0.15) is 24.1 Å². The van der Waals surface area contributed by atoms with Gasteiger partial charge in [-0.05, 0) is 36.6 Å². The van der Waals surface area contributed by atoms with E-state index in [2.05, 4.69) is 22.3 Å². The summed E-state index contributed by atoms with van der Waals surface area (Å²) in [5.41, 5.74) is 2.44. The van der Waals surface area contributed by atoms with Gasteiger partial charge in [0.15, 0.2) is 0 Å². The van der Waals surface area contributed by atoms with Gasteiger partial charge in [-0.1, -0.05) is 42.5 Å². The lowest BCUT2D eigenvalue weighted by molar-refractivity contribution is 0.138. The highest BCUT2D eigenvalue weighted by Crippen LogP contribution is 2.14. The molecule has 1 N–H and O–H groups in total. The van der Waals surface area contributed by atoms with Crippen LogP contribution >= 0.6 is 0 Å². The Balaban J connectivity index is 1.40. The quantitative estimate of drug-likeness (QED) is 0.852. The van der Waals surface area contributed by atoms with E-state index in [0.717, 1.165) is 50.5 Å². The number of hydrogen-bond acceptors (Lipinski definition) is 3. The molecule has 1 atom stereocenters. The monoisotopic (exact) mass is 367 g/mol. The molecule has 27 heavy (non-hydrogen) atoms. The van der Waals surface area contributed by atoms with Crippen LogP contribution in [0.4, 0.5) is 4.79 Å². The van der Waals surface area contributed by atoms with E-state index in [0.29, 0.717) is 0 Å². The van der Waals surface area contributed by atoms with E-state index in [-0.39, 0.29) is 12.1 Å². The fourth-order valence-electron chi connectivity index (χ4n) is 3.36. The molecule has 1 aliphatic heterocycles. The molecule has 0 aromatic heterocycles. The number of amides is 2. The lowest BCUT2D eigenvalue weighted by atomic mass is 10.1. The van der Waals surface area contributed by atoms with Crippen LogP contribution in [0.3, 0.4) is 0 Å². The van der Waals surface area contributed by atoms with Crippen LogP contribution < -0.4 is 10.1 Å². The number of carbonyl (C=O) groups is 1. The summed E-state index contributed by atoms with van der Waals surface area (Å²) in [6, 6.07) is 18.4. The predicted molar refractivity (Wildman–Crippen MR) is 108 cm³/mol. The SMILES string of the molecule is COc1ccc(CCN2CCN(C(=O)NC(C)c3ccccc3)CC2)cc1. The van der Waals surface area contributed by atoms with Crippen molar-refractivity contribution in [2.45, 2.75) is 19.4 Å². The van der Waals surface area contributed by atoms with Crippen molar-refractivity contribution in [3.63, 3.8) is 0 Å². The molecule has 0 saturated carbocycles. The molecule has 0 bridgehead atoms. The Morgan fingerprint density at radius 1 is 1.04 bits per heavy atom. The van der Waals surface area contributed by atoms with Gasteiger partial charge >= 0.3 is 6.03 Å². The van der Waals surface area contributed by atoms with Gasteiger partial charge in [-0.2, -0.15) is 0 Å². The van der Waals surface area contributed by atoms with Gasteiger partial charge < -0.3 is 15.0 Å². The highest BCUT2D eigenvalue weighted by atomic mass is 16.5. The summed E-state index contributed by atoms with van der Waals surface area (Å²) in [5, 5.41) is 3.11. The molecule has 144 valence electrons. The van der Waals surface area contributed by atoms with E-state index in [1.807, 2.05) is 54.3 Å². The fourth-order valence-corrected chi connectivity index (χ4v) is 3.36. The number of rotatable bonds is 6. The predicted octanol–water partition coefficient (Wildman–Crippen LogP) is 3.33. The van der Waals surface area contributed by atoms with Crippen molar-refractivity contribution in [2.75, 3.05) is 39.8 Å². The number of benzene rings is 2. The number of nitrogens with one attached hydrogen (secondary N) is 1. The van der Waals surface area contributed by atoms with Crippen LogP contribution in [0.2, 0.25) is 0 Å². The van der Waals surface area contributed by atoms with Crippen molar-refractivity contribution in [2.24, 2.45) is 0 Å². The van der Waals surface area contributed by atoms with E-state index in [1.165, 1.54) is 5.56 Å². The number of methoxy groups -OCH3 is 1. The molecule has 1 saturated heterocycles. The first kappa shape index (κ1) is 19.2. The minimum atomic E-state index is 0.0202. The average molecular weight is 367 g/mol. The van der Waals surface area contributed by atoms with Gasteiger partial charge in [-0.3, -0.25) is 4.90 Å². The van der Waals surface area contributed by atoms with E-state index < -0.39 is 0 Å². The normalized spacial score (nSPS) is 16.0. The number of hydrogen-bond donors (Lipinski definition) is 1. The number of carbonyl (C=O) groups excluding carboxylic acids is 1. The zero-order chi connectivity index (χ0) is 19.1. The molecule has 5 heteroatoms. The molecule has 0 aliphatic carbocycles. The fraction of sp³-hybridized carbons (Fsp3) is 0.409. The van der Waals surface area contributed by atoms with Gasteiger partial charge in [0, 0.05) is 32.7 Å². The Bertz CT molecular complexity index is 710. The molecule has 2 aromatic carbocycles. The molecule has 1 aliphatic rings. The van der Waals surface area contributed by atoms with Gasteiger partial charge in [-0.25, -0.2) is 4.79 Å². The van der Waals surface area contributed by atoms with Gasteiger partial charge in [0.25, 0.3) is 0 Å². The van der Waals surface area contributed by atoms with Gasteiger partial charge in [0.05, 0.1) is 13.2 Å². The Hall–Kier alpha value is -2.53. The highest BCUT2D eigenvalue weighted by Gasteiger charge is 2.22. The second kappa shape index (κ2) is 9.42. The second-order valence-electron chi connectivity index (χ2n) is 7.01. The smallest absolute Gasteiger partial charge is 0.317 e.